The number of amides is 2. The van der Waals surface area contributed by atoms with E-state index in [4.69, 9.17) is 9.47 Å². The molecule has 0 saturated carbocycles. The van der Waals surface area contributed by atoms with Crippen LogP contribution in [0, 0.1) is 0 Å². The average Bonchev–Trinajstić information content (AvgIpc) is 2.77. The Labute approximate surface area is 169 Å². The van der Waals surface area contributed by atoms with Crippen LogP contribution in [-0.2, 0) is 18.0 Å². The van der Waals surface area contributed by atoms with E-state index >= 15 is 0 Å². The van der Waals surface area contributed by atoms with Crippen molar-refractivity contribution < 1.29 is 19.1 Å². The summed E-state index contributed by atoms with van der Waals surface area (Å²) < 4.78 is 10.7. The molecule has 6 nitrogen and oxygen atoms in total. The van der Waals surface area contributed by atoms with Crippen LogP contribution in [0.5, 0.6) is 5.75 Å². The number of methoxy groups -OCH3 is 1. The Bertz CT molecular complexity index is 939. The number of hydrogen-bond donors (Lipinski definition) is 2. The van der Waals surface area contributed by atoms with Gasteiger partial charge in [-0.15, -0.1) is 0 Å². The lowest BCUT2D eigenvalue weighted by Crippen LogP contribution is -2.41. The number of carbonyl (C=O) groups excluding carboxylic acids is 2. The molecule has 0 aromatic heterocycles. The molecule has 2 N–H and O–H groups in total. The second-order valence-electron chi connectivity index (χ2n) is 6.34. The van der Waals surface area contributed by atoms with Crippen molar-refractivity contribution in [3.05, 3.63) is 101 Å². The first-order valence-corrected chi connectivity index (χ1v) is 9.11. The molecule has 0 aliphatic heterocycles. The number of rotatable bonds is 7. The fraction of sp³-hybridized carbons (Fsp3) is 0.130. The molecule has 3 aromatic rings. The number of ether oxygens (including phenoxy) is 2. The first-order chi connectivity index (χ1) is 14.2. The van der Waals surface area contributed by atoms with Crippen LogP contribution in [0.3, 0.4) is 0 Å². The van der Waals surface area contributed by atoms with Gasteiger partial charge < -0.3 is 9.47 Å². The fourth-order valence-electron chi connectivity index (χ4n) is 2.61. The molecule has 6 heteroatoms. The molecule has 3 rings (SSSR count). The lowest BCUT2D eigenvalue weighted by molar-refractivity contribution is 0.0846. The SMILES string of the molecule is COCc1ccc(C(=O)NNC(=O)c2ccc(COc3ccccc3)cc2)cc1. The van der Waals surface area contributed by atoms with E-state index in [1.165, 1.54) is 0 Å². The standard InChI is InChI=1S/C23H22N2O4/c1-28-15-17-7-11-19(12-8-17)22(26)24-25-23(27)20-13-9-18(10-14-20)16-29-21-5-3-2-4-6-21/h2-14H,15-16H2,1H3,(H,24,26)(H,25,27). The summed E-state index contributed by atoms with van der Waals surface area (Å²) in [6, 6.07) is 23.5. The van der Waals surface area contributed by atoms with Gasteiger partial charge in [0.15, 0.2) is 0 Å². The Morgan fingerprint density at radius 3 is 1.66 bits per heavy atom. The van der Waals surface area contributed by atoms with Crippen LogP contribution in [0.25, 0.3) is 0 Å². The molecule has 0 aliphatic rings. The van der Waals surface area contributed by atoms with Gasteiger partial charge in [-0.25, -0.2) is 0 Å². The Morgan fingerprint density at radius 2 is 1.17 bits per heavy atom. The van der Waals surface area contributed by atoms with Gasteiger partial charge in [0.05, 0.1) is 6.61 Å². The quantitative estimate of drug-likeness (QED) is 0.606. The maximum absolute atomic E-state index is 12.2. The van der Waals surface area contributed by atoms with Crippen LogP contribution < -0.4 is 15.6 Å². The molecule has 0 fully saturated rings. The number of para-hydroxylation sites is 1. The van der Waals surface area contributed by atoms with Gasteiger partial charge >= 0.3 is 0 Å². The molecule has 0 unspecified atom stereocenters. The molecule has 0 spiro atoms. The van der Waals surface area contributed by atoms with E-state index in [2.05, 4.69) is 10.9 Å². The lowest BCUT2D eigenvalue weighted by Gasteiger charge is -2.09. The zero-order valence-corrected chi connectivity index (χ0v) is 16.1. The first kappa shape index (κ1) is 20.1. The van der Waals surface area contributed by atoms with Gasteiger partial charge in [0.2, 0.25) is 0 Å². The molecule has 29 heavy (non-hydrogen) atoms. The zero-order chi connectivity index (χ0) is 20.5. The molecule has 2 amide bonds. The molecular weight excluding hydrogens is 368 g/mol. The molecule has 148 valence electrons. The number of hydrazine groups is 1. The molecular formula is C23H22N2O4. The number of carbonyl (C=O) groups is 2. The van der Waals surface area contributed by atoms with E-state index in [1.54, 1.807) is 43.5 Å². The summed E-state index contributed by atoms with van der Waals surface area (Å²) in [4.78, 5) is 24.4. The van der Waals surface area contributed by atoms with Crippen LogP contribution in [-0.4, -0.2) is 18.9 Å². The average molecular weight is 390 g/mol. The minimum absolute atomic E-state index is 0.393. The van der Waals surface area contributed by atoms with E-state index in [0.29, 0.717) is 24.3 Å². The predicted molar refractivity (Wildman–Crippen MR) is 109 cm³/mol. The van der Waals surface area contributed by atoms with Crippen molar-refractivity contribution in [2.45, 2.75) is 13.2 Å². The summed E-state index contributed by atoms with van der Waals surface area (Å²) in [6.07, 6.45) is 0. The fourth-order valence-corrected chi connectivity index (χ4v) is 2.61. The van der Waals surface area contributed by atoms with Gasteiger partial charge in [-0.1, -0.05) is 42.5 Å². The Kier molecular flexibility index (Phi) is 6.97. The molecule has 0 atom stereocenters. The predicted octanol–water partition coefficient (Wildman–Crippen LogP) is 3.49. The highest BCUT2D eigenvalue weighted by Crippen LogP contribution is 2.12. The second-order valence-corrected chi connectivity index (χ2v) is 6.34. The van der Waals surface area contributed by atoms with E-state index in [9.17, 15) is 9.59 Å². The molecule has 0 aliphatic carbocycles. The topological polar surface area (TPSA) is 76.7 Å². The van der Waals surface area contributed by atoms with Crippen molar-refractivity contribution in [1.29, 1.82) is 0 Å². The van der Waals surface area contributed by atoms with Gasteiger partial charge in [0, 0.05) is 18.2 Å². The summed E-state index contributed by atoms with van der Waals surface area (Å²) in [7, 11) is 1.61. The zero-order valence-electron chi connectivity index (χ0n) is 16.1. The number of hydrogen-bond acceptors (Lipinski definition) is 4. The van der Waals surface area contributed by atoms with Crippen LogP contribution in [0.2, 0.25) is 0 Å². The molecule has 0 radical (unpaired) electrons. The van der Waals surface area contributed by atoms with Crippen molar-refractivity contribution in [2.24, 2.45) is 0 Å². The largest absolute Gasteiger partial charge is 0.489 e. The van der Waals surface area contributed by atoms with E-state index in [0.717, 1.165) is 16.9 Å². The molecule has 3 aromatic carbocycles. The number of nitrogens with one attached hydrogen (secondary N) is 2. The van der Waals surface area contributed by atoms with E-state index in [-0.39, 0.29) is 0 Å². The van der Waals surface area contributed by atoms with Gasteiger partial charge in [-0.3, -0.25) is 20.4 Å². The van der Waals surface area contributed by atoms with Crippen molar-refractivity contribution in [3.8, 4) is 5.75 Å². The minimum Gasteiger partial charge on any atom is -0.489 e. The van der Waals surface area contributed by atoms with Gasteiger partial charge in [-0.2, -0.15) is 0 Å². The third-order valence-corrected chi connectivity index (χ3v) is 4.18. The lowest BCUT2D eigenvalue weighted by atomic mass is 10.1. The smallest absolute Gasteiger partial charge is 0.269 e. The summed E-state index contributed by atoms with van der Waals surface area (Å²) in [6.45, 7) is 0.882. The van der Waals surface area contributed by atoms with Crippen LogP contribution in [0.1, 0.15) is 31.8 Å². The maximum atomic E-state index is 12.2. The Morgan fingerprint density at radius 1 is 0.690 bits per heavy atom. The highest BCUT2D eigenvalue weighted by Gasteiger charge is 2.09. The molecule has 0 saturated heterocycles. The minimum atomic E-state index is -0.398. The van der Waals surface area contributed by atoms with Crippen LogP contribution in [0.15, 0.2) is 78.9 Å². The summed E-state index contributed by atoms with van der Waals surface area (Å²) >= 11 is 0. The Hall–Kier alpha value is -3.64. The molecule has 0 heterocycles. The number of benzene rings is 3. The van der Waals surface area contributed by atoms with Gasteiger partial charge in [-0.05, 0) is 47.5 Å². The first-order valence-electron chi connectivity index (χ1n) is 9.11. The maximum Gasteiger partial charge on any atom is 0.269 e. The summed E-state index contributed by atoms with van der Waals surface area (Å²) in [5, 5.41) is 0. The van der Waals surface area contributed by atoms with Gasteiger partial charge in [0.25, 0.3) is 11.8 Å². The van der Waals surface area contributed by atoms with Crippen LogP contribution >= 0.6 is 0 Å². The highest BCUT2D eigenvalue weighted by molar-refractivity contribution is 5.99. The van der Waals surface area contributed by atoms with Crippen molar-refractivity contribution in [3.63, 3.8) is 0 Å². The van der Waals surface area contributed by atoms with Crippen molar-refractivity contribution in [2.75, 3.05) is 7.11 Å². The van der Waals surface area contributed by atoms with E-state index < -0.39 is 11.8 Å². The monoisotopic (exact) mass is 390 g/mol. The third-order valence-electron chi connectivity index (χ3n) is 4.18. The molecule has 0 bridgehead atoms. The van der Waals surface area contributed by atoms with Crippen molar-refractivity contribution >= 4 is 11.8 Å². The third kappa shape index (κ3) is 5.92. The second kappa shape index (κ2) is 10.1. The Balaban J connectivity index is 1.49. The van der Waals surface area contributed by atoms with Gasteiger partial charge in [0.1, 0.15) is 12.4 Å². The van der Waals surface area contributed by atoms with Crippen molar-refractivity contribution in [1.82, 2.24) is 10.9 Å². The highest BCUT2D eigenvalue weighted by atomic mass is 16.5. The van der Waals surface area contributed by atoms with E-state index in [1.807, 2.05) is 42.5 Å². The summed E-state index contributed by atoms with van der Waals surface area (Å²) in [5.74, 6) is -0.00707. The normalized spacial score (nSPS) is 10.2. The summed E-state index contributed by atoms with van der Waals surface area (Å²) in [5.41, 5.74) is 7.61. The van der Waals surface area contributed by atoms with Crippen LogP contribution in [0.4, 0.5) is 0 Å².